The second kappa shape index (κ2) is 12.1. The molecule has 0 bridgehead atoms. The molecule has 0 aromatic heterocycles. The van der Waals surface area contributed by atoms with Crippen molar-refractivity contribution >= 4 is 5.97 Å². The van der Waals surface area contributed by atoms with Crippen LogP contribution >= 0.6 is 0 Å². The largest absolute Gasteiger partial charge is 0.481 e. The maximum atomic E-state index is 10.4. The summed E-state index contributed by atoms with van der Waals surface area (Å²) in [5, 5.41) is 8.52. The maximum Gasteiger partial charge on any atom is 0.303 e. The Balaban J connectivity index is 3.77. The number of carbonyl (C=O) groups is 1. The van der Waals surface area contributed by atoms with Crippen molar-refractivity contribution in [3.63, 3.8) is 0 Å². The topological polar surface area (TPSA) is 46.5 Å². The van der Waals surface area contributed by atoms with E-state index in [1.807, 2.05) is 31.2 Å². The van der Waals surface area contributed by atoms with E-state index in [1.54, 1.807) is 7.11 Å². The van der Waals surface area contributed by atoms with Crippen LogP contribution in [0.2, 0.25) is 0 Å². The second-order valence-corrected chi connectivity index (χ2v) is 4.03. The lowest BCUT2D eigenvalue weighted by Gasteiger charge is -2.09. The molecule has 0 amide bonds. The van der Waals surface area contributed by atoms with Gasteiger partial charge in [-0.25, -0.2) is 0 Å². The number of unbranched alkanes of at least 4 members (excludes halogenated alkanes) is 1. The fourth-order valence-electron chi connectivity index (χ4n) is 1.47. The lowest BCUT2D eigenvalue weighted by atomic mass is 10.1. The Morgan fingerprint density at radius 2 is 2.06 bits per heavy atom. The molecule has 0 saturated carbocycles. The molecule has 0 heterocycles. The van der Waals surface area contributed by atoms with Gasteiger partial charge in [-0.2, -0.15) is 0 Å². The predicted molar refractivity (Wildman–Crippen MR) is 74.6 cm³/mol. The Hall–Kier alpha value is -1.35. The Morgan fingerprint density at radius 1 is 1.28 bits per heavy atom. The van der Waals surface area contributed by atoms with Crippen LogP contribution in [-0.4, -0.2) is 24.3 Å². The minimum Gasteiger partial charge on any atom is -0.481 e. The van der Waals surface area contributed by atoms with Crippen molar-refractivity contribution in [1.82, 2.24) is 0 Å². The fraction of sp³-hybridized carbons (Fsp3) is 0.533. The van der Waals surface area contributed by atoms with Crippen LogP contribution in [0, 0.1) is 0 Å². The fourth-order valence-corrected chi connectivity index (χ4v) is 1.47. The minimum atomic E-state index is -0.730. The first-order valence-corrected chi connectivity index (χ1v) is 6.39. The Labute approximate surface area is 110 Å². The van der Waals surface area contributed by atoms with Gasteiger partial charge in [0, 0.05) is 13.5 Å². The van der Waals surface area contributed by atoms with E-state index < -0.39 is 5.97 Å². The summed E-state index contributed by atoms with van der Waals surface area (Å²) in [6, 6.07) is 0. The highest BCUT2D eigenvalue weighted by molar-refractivity contribution is 5.66. The molecule has 0 aliphatic rings. The van der Waals surface area contributed by atoms with Crippen LogP contribution in [0.3, 0.4) is 0 Å². The van der Waals surface area contributed by atoms with Crippen LogP contribution in [0.25, 0.3) is 0 Å². The number of ether oxygens (including phenoxy) is 1. The summed E-state index contributed by atoms with van der Waals surface area (Å²) in [5.41, 5.74) is 0. The number of hydrogen-bond acceptors (Lipinski definition) is 2. The first-order valence-electron chi connectivity index (χ1n) is 6.39. The molecule has 0 radical (unpaired) electrons. The third kappa shape index (κ3) is 11.1. The number of carboxylic acids is 1. The van der Waals surface area contributed by atoms with E-state index in [0.717, 1.165) is 19.3 Å². The summed E-state index contributed by atoms with van der Waals surface area (Å²) in [4.78, 5) is 10.4. The summed E-state index contributed by atoms with van der Waals surface area (Å²) in [5.74, 6) is -0.730. The number of aliphatic carboxylic acids is 1. The van der Waals surface area contributed by atoms with Crippen molar-refractivity contribution in [2.75, 3.05) is 7.11 Å². The average molecular weight is 252 g/mol. The van der Waals surface area contributed by atoms with E-state index in [4.69, 9.17) is 9.84 Å². The van der Waals surface area contributed by atoms with Gasteiger partial charge >= 0.3 is 5.97 Å². The highest BCUT2D eigenvalue weighted by Crippen LogP contribution is 2.07. The van der Waals surface area contributed by atoms with Gasteiger partial charge in [0.2, 0.25) is 0 Å². The van der Waals surface area contributed by atoms with Crippen molar-refractivity contribution in [1.29, 1.82) is 0 Å². The number of hydrogen-bond donors (Lipinski definition) is 1. The molecule has 0 aliphatic heterocycles. The SMILES string of the molecule is CC=CCC=CC=CC(CCCCC(=O)O)OC. The standard InChI is InChI=1S/C15H24O3/c1-3-4-5-6-7-8-11-14(18-2)12-9-10-13-15(16)17/h3-4,6-8,11,14H,5,9-10,12-13H2,1-2H3,(H,16,17). The number of rotatable bonds is 10. The predicted octanol–water partition coefficient (Wildman–Crippen LogP) is 3.73. The van der Waals surface area contributed by atoms with Crippen LogP contribution < -0.4 is 0 Å². The minimum absolute atomic E-state index is 0.0742. The van der Waals surface area contributed by atoms with Gasteiger partial charge in [-0.1, -0.05) is 36.5 Å². The van der Waals surface area contributed by atoms with E-state index in [9.17, 15) is 4.79 Å². The summed E-state index contributed by atoms with van der Waals surface area (Å²) in [6.07, 6.45) is 15.9. The Morgan fingerprint density at radius 3 is 2.67 bits per heavy atom. The van der Waals surface area contributed by atoms with Gasteiger partial charge in [-0.3, -0.25) is 4.79 Å². The maximum absolute atomic E-state index is 10.4. The van der Waals surface area contributed by atoms with Gasteiger partial charge in [0.05, 0.1) is 6.10 Å². The van der Waals surface area contributed by atoms with Crippen LogP contribution in [0.5, 0.6) is 0 Å². The normalized spacial score (nSPS) is 13.9. The number of allylic oxidation sites excluding steroid dienone is 5. The highest BCUT2D eigenvalue weighted by Gasteiger charge is 2.03. The molecule has 3 nitrogen and oxygen atoms in total. The van der Waals surface area contributed by atoms with Crippen LogP contribution in [0.4, 0.5) is 0 Å². The van der Waals surface area contributed by atoms with Crippen LogP contribution in [-0.2, 0) is 9.53 Å². The zero-order valence-corrected chi connectivity index (χ0v) is 11.3. The Bertz CT molecular complexity index is 290. The van der Waals surface area contributed by atoms with E-state index in [1.165, 1.54) is 0 Å². The van der Waals surface area contributed by atoms with Gasteiger partial charge in [0.25, 0.3) is 0 Å². The van der Waals surface area contributed by atoms with Gasteiger partial charge in [0.15, 0.2) is 0 Å². The first-order chi connectivity index (χ1) is 8.70. The van der Waals surface area contributed by atoms with Crippen molar-refractivity contribution in [3.05, 3.63) is 36.5 Å². The van der Waals surface area contributed by atoms with Crippen molar-refractivity contribution < 1.29 is 14.6 Å². The number of carboxylic acid groups (broad SMARTS) is 1. The van der Waals surface area contributed by atoms with E-state index in [-0.39, 0.29) is 12.5 Å². The van der Waals surface area contributed by atoms with E-state index >= 15 is 0 Å². The van der Waals surface area contributed by atoms with E-state index in [0.29, 0.717) is 6.42 Å². The zero-order chi connectivity index (χ0) is 13.6. The summed E-state index contributed by atoms with van der Waals surface area (Å²) in [6.45, 7) is 2.00. The van der Waals surface area contributed by atoms with E-state index in [2.05, 4.69) is 12.2 Å². The molecule has 0 aromatic rings. The average Bonchev–Trinajstić information content (AvgIpc) is 2.35. The molecule has 0 rings (SSSR count). The molecule has 1 N–H and O–H groups in total. The summed E-state index contributed by atoms with van der Waals surface area (Å²) >= 11 is 0. The third-order valence-electron chi connectivity index (χ3n) is 2.51. The van der Waals surface area contributed by atoms with Crippen LogP contribution in [0.1, 0.15) is 39.0 Å². The third-order valence-corrected chi connectivity index (χ3v) is 2.51. The second-order valence-electron chi connectivity index (χ2n) is 4.03. The van der Waals surface area contributed by atoms with Gasteiger partial charge in [-0.05, 0) is 32.6 Å². The highest BCUT2D eigenvalue weighted by atomic mass is 16.5. The lowest BCUT2D eigenvalue weighted by Crippen LogP contribution is -2.06. The Kier molecular flexibility index (Phi) is 11.2. The molecule has 0 fully saturated rings. The van der Waals surface area contributed by atoms with Crippen molar-refractivity contribution in [2.45, 2.75) is 45.1 Å². The van der Waals surface area contributed by atoms with Gasteiger partial charge < -0.3 is 9.84 Å². The summed E-state index contributed by atoms with van der Waals surface area (Å²) in [7, 11) is 1.68. The molecule has 0 aliphatic carbocycles. The monoisotopic (exact) mass is 252 g/mol. The number of methoxy groups -OCH3 is 1. The molecule has 0 saturated heterocycles. The molecule has 0 spiro atoms. The van der Waals surface area contributed by atoms with Crippen molar-refractivity contribution in [2.24, 2.45) is 0 Å². The molecule has 1 unspecified atom stereocenters. The molecule has 0 aromatic carbocycles. The molecule has 18 heavy (non-hydrogen) atoms. The lowest BCUT2D eigenvalue weighted by molar-refractivity contribution is -0.137. The first kappa shape index (κ1) is 16.6. The molecule has 3 heteroatoms. The quantitative estimate of drug-likeness (QED) is 0.366. The molecular weight excluding hydrogens is 228 g/mol. The van der Waals surface area contributed by atoms with Gasteiger partial charge in [0.1, 0.15) is 0 Å². The van der Waals surface area contributed by atoms with Gasteiger partial charge in [-0.15, -0.1) is 0 Å². The van der Waals surface area contributed by atoms with Crippen molar-refractivity contribution in [3.8, 4) is 0 Å². The molecular formula is C15H24O3. The molecule has 102 valence electrons. The zero-order valence-electron chi connectivity index (χ0n) is 11.3. The summed E-state index contributed by atoms with van der Waals surface area (Å²) < 4.78 is 5.30. The van der Waals surface area contributed by atoms with Crippen LogP contribution in [0.15, 0.2) is 36.5 Å². The molecule has 1 atom stereocenters. The smallest absolute Gasteiger partial charge is 0.303 e.